The summed E-state index contributed by atoms with van der Waals surface area (Å²) in [5, 5.41) is 6.82. The number of aromatic nitrogens is 3. The second-order valence-electron chi connectivity index (χ2n) is 5.63. The van der Waals surface area contributed by atoms with Crippen molar-refractivity contribution in [2.75, 3.05) is 11.9 Å². The fraction of sp³-hybridized carbons (Fsp3) is 0.0952. The topological polar surface area (TPSA) is 59.9 Å². The molecule has 0 atom stereocenters. The normalized spacial score (nSPS) is 10.2. The molecular formula is C21H16N4OS. The first-order chi connectivity index (χ1) is 13.4. The highest BCUT2D eigenvalue weighted by atomic mass is 32.1. The number of rotatable bonds is 5. The van der Waals surface area contributed by atoms with Gasteiger partial charge in [-0.3, -0.25) is 0 Å². The van der Waals surface area contributed by atoms with Crippen LogP contribution in [0.25, 0.3) is 10.9 Å². The molecule has 0 bridgehead atoms. The van der Waals surface area contributed by atoms with E-state index in [9.17, 15) is 0 Å². The van der Waals surface area contributed by atoms with Gasteiger partial charge in [-0.25, -0.2) is 9.97 Å². The van der Waals surface area contributed by atoms with Crippen molar-refractivity contribution < 1.29 is 4.74 Å². The van der Waals surface area contributed by atoms with E-state index in [1.165, 1.54) is 11.3 Å². The van der Waals surface area contributed by atoms with E-state index in [0.29, 0.717) is 18.2 Å². The highest BCUT2D eigenvalue weighted by Crippen LogP contribution is 2.24. The van der Waals surface area contributed by atoms with Gasteiger partial charge >= 0.3 is 0 Å². The van der Waals surface area contributed by atoms with Gasteiger partial charge in [0.1, 0.15) is 23.6 Å². The molecule has 0 fully saturated rings. The Bertz CT molecular complexity index is 1090. The Balaban J connectivity index is 1.32. The molecule has 6 heteroatoms. The van der Waals surface area contributed by atoms with E-state index in [0.717, 1.165) is 28.2 Å². The summed E-state index contributed by atoms with van der Waals surface area (Å²) in [6.07, 6.45) is 2.25. The zero-order chi connectivity index (χ0) is 18.3. The van der Waals surface area contributed by atoms with Gasteiger partial charge in [0.05, 0.1) is 5.52 Å². The summed E-state index contributed by atoms with van der Waals surface area (Å²) >= 11 is 1.44. The quantitative estimate of drug-likeness (QED) is 0.405. The largest absolute Gasteiger partial charge is 0.431 e. The molecule has 2 aromatic heterocycles. The molecule has 1 N–H and O–H groups in total. The minimum absolute atomic E-state index is 0.594. The Kier molecular flexibility index (Phi) is 5.23. The fourth-order valence-electron chi connectivity index (χ4n) is 2.49. The third-order valence-corrected chi connectivity index (χ3v) is 4.45. The standard InChI is InChI=1S/C21H16N4OS/c1-2-9-17(10-3-1)26-21-25-16(14-27-21)8-6-7-13-22-20-18-11-4-5-12-19(18)23-15-24-20/h1-5,9-12,14-15H,7,13H2,(H,22,23,24). The van der Waals surface area contributed by atoms with Crippen LogP contribution < -0.4 is 10.1 Å². The molecule has 5 nitrogen and oxygen atoms in total. The number of anilines is 1. The Morgan fingerprint density at radius 1 is 1.00 bits per heavy atom. The van der Waals surface area contributed by atoms with Crippen molar-refractivity contribution in [2.24, 2.45) is 0 Å². The third kappa shape index (κ3) is 4.40. The first kappa shape index (κ1) is 17.0. The van der Waals surface area contributed by atoms with E-state index in [2.05, 4.69) is 32.1 Å². The molecule has 0 saturated carbocycles. The molecular weight excluding hydrogens is 356 g/mol. The summed E-state index contributed by atoms with van der Waals surface area (Å²) in [5.74, 6) is 7.80. The van der Waals surface area contributed by atoms with Gasteiger partial charge in [-0.2, -0.15) is 4.98 Å². The van der Waals surface area contributed by atoms with E-state index >= 15 is 0 Å². The van der Waals surface area contributed by atoms with Gasteiger partial charge in [-0.05, 0) is 30.2 Å². The predicted octanol–water partition coefficient (Wildman–Crippen LogP) is 4.73. The van der Waals surface area contributed by atoms with Gasteiger partial charge in [0.25, 0.3) is 5.19 Å². The smallest absolute Gasteiger partial charge is 0.279 e. The Morgan fingerprint density at radius 3 is 2.78 bits per heavy atom. The molecule has 0 aliphatic rings. The van der Waals surface area contributed by atoms with Gasteiger partial charge < -0.3 is 10.1 Å². The highest BCUT2D eigenvalue weighted by molar-refractivity contribution is 7.11. The van der Waals surface area contributed by atoms with Gasteiger partial charge in [0.2, 0.25) is 0 Å². The van der Waals surface area contributed by atoms with Crippen LogP contribution in [0.1, 0.15) is 12.1 Å². The van der Waals surface area contributed by atoms with Crippen molar-refractivity contribution in [3.63, 3.8) is 0 Å². The van der Waals surface area contributed by atoms with Crippen LogP contribution in [0, 0.1) is 11.8 Å². The van der Waals surface area contributed by atoms with Crippen LogP contribution >= 0.6 is 11.3 Å². The van der Waals surface area contributed by atoms with Crippen LogP contribution in [0.2, 0.25) is 0 Å². The number of hydrogen-bond acceptors (Lipinski definition) is 6. The predicted molar refractivity (Wildman–Crippen MR) is 108 cm³/mol. The Hall–Kier alpha value is -3.43. The molecule has 0 aliphatic heterocycles. The van der Waals surface area contributed by atoms with Crippen molar-refractivity contribution in [3.05, 3.63) is 72.0 Å². The Morgan fingerprint density at radius 2 is 1.85 bits per heavy atom. The SMILES string of the molecule is C(#Cc1csc(Oc2ccccc2)n1)CCNc1ncnc2ccccc12. The minimum Gasteiger partial charge on any atom is -0.431 e. The van der Waals surface area contributed by atoms with Gasteiger partial charge in [0, 0.05) is 23.7 Å². The first-order valence-electron chi connectivity index (χ1n) is 8.49. The molecule has 0 amide bonds. The molecule has 132 valence electrons. The summed E-state index contributed by atoms with van der Waals surface area (Å²) in [6, 6.07) is 17.5. The zero-order valence-electron chi connectivity index (χ0n) is 14.4. The number of benzene rings is 2. The van der Waals surface area contributed by atoms with Crippen LogP contribution in [0.3, 0.4) is 0 Å². The van der Waals surface area contributed by atoms with Gasteiger partial charge in [-0.15, -0.1) is 0 Å². The lowest BCUT2D eigenvalue weighted by Crippen LogP contribution is -2.03. The van der Waals surface area contributed by atoms with Crippen LogP contribution in [0.4, 0.5) is 5.82 Å². The summed E-state index contributed by atoms with van der Waals surface area (Å²) < 4.78 is 5.70. The number of thiazole rings is 1. The second-order valence-corrected chi connectivity index (χ2v) is 6.45. The van der Waals surface area contributed by atoms with Crippen LogP contribution in [0.15, 0.2) is 66.3 Å². The lowest BCUT2D eigenvalue weighted by atomic mass is 10.2. The maximum atomic E-state index is 5.70. The van der Waals surface area contributed by atoms with Crippen LogP contribution in [-0.2, 0) is 0 Å². The van der Waals surface area contributed by atoms with Crippen LogP contribution in [0.5, 0.6) is 10.9 Å². The average molecular weight is 372 g/mol. The van der Waals surface area contributed by atoms with E-state index in [-0.39, 0.29) is 0 Å². The summed E-state index contributed by atoms with van der Waals surface area (Å²) in [6.45, 7) is 0.700. The molecule has 27 heavy (non-hydrogen) atoms. The van der Waals surface area contributed by atoms with Crippen molar-refractivity contribution in [2.45, 2.75) is 6.42 Å². The average Bonchev–Trinajstić information content (AvgIpc) is 3.16. The molecule has 0 aliphatic carbocycles. The van der Waals surface area contributed by atoms with Crippen LogP contribution in [-0.4, -0.2) is 21.5 Å². The van der Waals surface area contributed by atoms with E-state index in [1.54, 1.807) is 6.33 Å². The molecule has 0 radical (unpaired) electrons. The number of nitrogens with one attached hydrogen (secondary N) is 1. The fourth-order valence-corrected chi connectivity index (χ4v) is 3.11. The molecule has 2 aromatic carbocycles. The van der Waals surface area contributed by atoms with Crippen molar-refractivity contribution in [1.29, 1.82) is 0 Å². The minimum atomic E-state index is 0.594. The van der Waals surface area contributed by atoms with Crippen molar-refractivity contribution in [1.82, 2.24) is 15.0 Å². The molecule has 4 aromatic rings. The maximum absolute atomic E-state index is 5.70. The number of ether oxygens (including phenoxy) is 1. The number of para-hydroxylation sites is 2. The number of hydrogen-bond donors (Lipinski definition) is 1. The molecule has 0 saturated heterocycles. The molecule has 2 heterocycles. The lowest BCUT2D eigenvalue weighted by Gasteiger charge is -2.05. The number of fused-ring (bicyclic) bond motifs is 1. The van der Waals surface area contributed by atoms with E-state index in [1.807, 2.05) is 60.0 Å². The Labute approximate surface area is 161 Å². The van der Waals surface area contributed by atoms with Crippen molar-refractivity contribution in [3.8, 4) is 22.8 Å². The molecule has 0 unspecified atom stereocenters. The highest BCUT2D eigenvalue weighted by Gasteiger charge is 2.03. The second kappa shape index (κ2) is 8.30. The summed E-state index contributed by atoms with van der Waals surface area (Å²) in [5.41, 5.74) is 1.65. The zero-order valence-corrected chi connectivity index (χ0v) is 15.2. The van der Waals surface area contributed by atoms with E-state index in [4.69, 9.17) is 4.74 Å². The summed E-state index contributed by atoms with van der Waals surface area (Å²) in [4.78, 5) is 13.0. The monoisotopic (exact) mass is 372 g/mol. The molecule has 0 spiro atoms. The third-order valence-electron chi connectivity index (χ3n) is 3.73. The van der Waals surface area contributed by atoms with E-state index < -0.39 is 0 Å². The number of nitrogens with zero attached hydrogens (tertiary/aromatic N) is 3. The first-order valence-corrected chi connectivity index (χ1v) is 9.37. The van der Waals surface area contributed by atoms with Gasteiger partial charge in [-0.1, -0.05) is 47.6 Å². The van der Waals surface area contributed by atoms with Gasteiger partial charge in [0.15, 0.2) is 0 Å². The summed E-state index contributed by atoms with van der Waals surface area (Å²) in [7, 11) is 0. The maximum Gasteiger partial charge on any atom is 0.279 e. The van der Waals surface area contributed by atoms with Crippen molar-refractivity contribution >= 4 is 28.1 Å². The lowest BCUT2D eigenvalue weighted by molar-refractivity contribution is 0.478. The molecule has 4 rings (SSSR count).